The number of ketones is 1. The highest BCUT2D eigenvalue weighted by Gasteiger charge is 2.32. The Morgan fingerprint density at radius 1 is 1.15 bits per heavy atom. The molecule has 0 amide bonds. The molecule has 1 aromatic carbocycles. The van der Waals surface area contributed by atoms with Crippen LogP contribution in [0.15, 0.2) is 54.9 Å². The quantitative estimate of drug-likeness (QED) is 0.735. The molecule has 2 atom stereocenters. The molecule has 0 radical (unpaired) electrons. The number of pyridine rings is 2. The molecule has 0 saturated carbocycles. The van der Waals surface area contributed by atoms with Crippen LogP contribution in [0.1, 0.15) is 22.8 Å². The Morgan fingerprint density at radius 2 is 1.96 bits per heavy atom. The van der Waals surface area contributed by atoms with Gasteiger partial charge >= 0.3 is 0 Å². The van der Waals surface area contributed by atoms with Crippen LogP contribution in [0.2, 0.25) is 0 Å². The molecule has 132 valence electrons. The number of β-amino-alcohol motifs (C(OH)–C–C–N with tert-alkyl or cyclic N) is 1. The standard InChI is InChI=1S/C21H21N3O2/c1-14(25)15-6-9-23-21(11-15)24-12-17(20(26)13-24)10-16-7-8-22-19-5-3-2-4-18(16)19/h2-9,11,17,20,26H,10,12-13H2,1H3/t17-,20-/m1/s1. The molecular formula is C21H21N3O2. The van der Waals surface area contributed by atoms with Gasteiger partial charge in [0.2, 0.25) is 0 Å². The fraction of sp³-hybridized carbons (Fsp3) is 0.286. The van der Waals surface area contributed by atoms with Crippen molar-refractivity contribution in [3.8, 4) is 0 Å². The smallest absolute Gasteiger partial charge is 0.159 e. The molecule has 4 rings (SSSR count). The molecule has 0 unspecified atom stereocenters. The summed E-state index contributed by atoms with van der Waals surface area (Å²) in [6.45, 7) is 2.80. The summed E-state index contributed by atoms with van der Waals surface area (Å²) in [7, 11) is 0. The van der Waals surface area contributed by atoms with Crippen molar-refractivity contribution in [3.05, 3.63) is 66.0 Å². The van der Waals surface area contributed by atoms with Crippen LogP contribution in [0.3, 0.4) is 0 Å². The van der Waals surface area contributed by atoms with Gasteiger partial charge in [-0.05, 0) is 43.2 Å². The lowest BCUT2D eigenvalue weighted by Crippen LogP contribution is -2.22. The van der Waals surface area contributed by atoms with Crippen LogP contribution in [0, 0.1) is 5.92 Å². The largest absolute Gasteiger partial charge is 0.391 e. The number of aliphatic hydroxyl groups excluding tert-OH is 1. The number of para-hydroxylation sites is 1. The average Bonchev–Trinajstić information content (AvgIpc) is 3.03. The van der Waals surface area contributed by atoms with E-state index in [2.05, 4.69) is 20.9 Å². The number of hydrogen-bond acceptors (Lipinski definition) is 5. The molecule has 0 bridgehead atoms. The minimum Gasteiger partial charge on any atom is -0.391 e. The van der Waals surface area contributed by atoms with E-state index in [4.69, 9.17) is 0 Å². The highest BCUT2D eigenvalue weighted by Crippen LogP contribution is 2.28. The molecule has 1 N–H and O–H groups in total. The van der Waals surface area contributed by atoms with Crippen LogP contribution < -0.4 is 4.90 Å². The summed E-state index contributed by atoms with van der Waals surface area (Å²) in [5, 5.41) is 11.7. The second-order valence-electron chi connectivity index (χ2n) is 6.88. The number of aromatic nitrogens is 2. The van der Waals surface area contributed by atoms with Crippen LogP contribution in [-0.2, 0) is 6.42 Å². The molecule has 0 aliphatic carbocycles. The number of anilines is 1. The SMILES string of the molecule is CC(=O)c1ccnc(N2C[C@@H](Cc3ccnc4ccccc34)[C@H](O)C2)c1. The first kappa shape index (κ1) is 16.7. The van der Waals surface area contributed by atoms with Gasteiger partial charge in [0.1, 0.15) is 5.82 Å². The molecular weight excluding hydrogens is 326 g/mol. The molecule has 1 fully saturated rings. The van der Waals surface area contributed by atoms with Gasteiger partial charge in [0.05, 0.1) is 11.6 Å². The molecule has 1 aliphatic heterocycles. The van der Waals surface area contributed by atoms with E-state index < -0.39 is 6.10 Å². The van der Waals surface area contributed by atoms with Gasteiger partial charge in [-0.15, -0.1) is 0 Å². The lowest BCUT2D eigenvalue weighted by molar-refractivity contribution is 0.101. The number of benzene rings is 1. The number of Topliss-reactive ketones (excluding diaryl/α,β-unsaturated/α-hetero) is 1. The number of carbonyl (C=O) groups is 1. The van der Waals surface area contributed by atoms with Crippen LogP contribution in [0.5, 0.6) is 0 Å². The number of nitrogens with zero attached hydrogens (tertiary/aromatic N) is 3. The summed E-state index contributed by atoms with van der Waals surface area (Å²) in [5.74, 6) is 0.885. The van der Waals surface area contributed by atoms with Gasteiger partial charge in [0, 0.05) is 42.4 Å². The highest BCUT2D eigenvalue weighted by molar-refractivity contribution is 5.94. The lowest BCUT2D eigenvalue weighted by Gasteiger charge is -2.18. The average molecular weight is 347 g/mol. The number of fused-ring (bicyclic) bond motifs is 1. The molecule has 3 aromatic rings. The van der Waals surface area contributed by atoms with E-state index in [-0.39, 0.29) is 11.7 Å². The Balaban J connectivity index is 1.56. The van der Waals surface area contributed by atoms with Gasteiger partial charge in [-0.25, -0.2) is 4.98 Å². The van der Waals surface area contributed by atoms with Crippen molar-refractivity contribution in [2.24, 2.45) is 5.92 Å². The topological polar surface area (TPSA) is 66.3 Å². The van der Waals surface area contributed by atoms with Crippen LogP contribution >= 0.6 is 0 Å². The summed E-state index contributed by atoms with van der Waals surface area (Å²) in [6.07, 6.45) is 3.84. The normalized spacial score (nSPS) is 19.8. The maximum absolute atomic E-state index is 11.6. The lowest BCUT2D eigenvalue weighted by atomic mass is 9.94. The van der Waals surface area contributed by atoms with Gasteiger partial charge in [-0.3, -0.25) is 9.78 Å². The summed E-state index contributed by atoms with van der Waals surface area (Å²) in [5.41, 5.74) is 2.82. The first-order valence-corrected chi connectivity index (χ1v) is 8.84. The summed E-state index contributed by atoms with van der Waals surface area (Å²) in [4.78, 5) is 22.5. The van der Waals surface area contributed by atoms with Gasteiger partial charge in [0.15, 0.2) is 5.78 Å². The molecule has 2 aromatic heterocycles. The molecule has 3 heterocycles. The third kappa shape index (κ3) is 3.18. The van der Waals surface area contributed by atoms with Gasteiger partial charge in [-0.1, -0.05) is 18.2 Å². The number of rotatable bonds is 4. The second-order valence-corrected chi connectivity index (χ2v) is 6.88. The fourth-order valence-electron chi connectivity index (χ4n) is 3.67. The maximum atomic E-state index is 11.6. The van der Waals surface area contributed by atoms with Crippen LogP contribution in [0.4, 0.5) is 5.82 Å². The Bertz CT molecular complexity index is 951. The van der Waals surface area contributed by atoms with E-state index in [0.717, 1.165) is 23.1 Å². The van der Waals surface area contributed by atoms with Crippen molar-refractivity contribution in [2.75, 3.05) is 18.0 Å². The minimum atomic E-state index is -0.426. The van der Waals surface area contributed by atoms with Crippen molar-refractivity contribution < 1.29 is 9.90 Å². The van der Waals surface area contributed by atoms with Gasteiger partial charge in [0.25, 0.3) is 0 Å². The maximum Gasteiger partial charge on any atom is 0.159 e. The first-order valence-electron chi connectivity index (χ1n) is 8.84. The van der Waals surface area contributed by atoms with Crippen molar-refractivity contribution >= 4 is 22.5 Å². The third-order valence-corrected chi connectivity index (χ3v) is 5.10. The van der Waals surface area contributed by atoms with E-state index >= 15 is 0 Å². The van der Waals surface area contributed by atoms with E-state index in [1.165, 1.54) is 5.56 Å². The second kappa shape index (κ2) is 6.84. The van der Waals surface area contributed by atoms with E-state index in [9.17, 15) is 9.90 Å². The predicted molar refractivity (Wildman–Crippen MR) is 101 cm³/mol. The Hall–Kier alpha value is -2.79. The zero-order valence-corrected chi connectivity index (χ0v) is 14.7. The van der Waals surface area contributed by atoms with Gasteiger partial charge < -0.3 is 10.0 Å². The first-order chi connectivity index (χ1) is 12.6. The van der Waals surface area contributed by atoms with Gasteiger partial charge in [-0.2, -0.15) is 0 Å². The summed E-state index contributed by atoms with van der Waals surface area (Å²) < 4.78 is 0. The molecule has 1 aliphatic rings. The van der Waals surface area contributed by atoms with Crippen LogP contribution in [0.25, 0.3) is 10.9 Å². The monoisotopic (exact) mass is 347 g/mol. The zero-order valence-electron chi connectivity index (χ0n) is 14.7. The predicted octanol–water partition coefficient (Wildman–Crippen LogP) is 2.87. The van der Waals surface area contributed by atoms with Crippen molar-refractivity contribution in [1.82, 2.24) is 9.97 Å². The molecule has 0 spiro atoms. The number of hydrogen-bond donors (Lipinski definition) is 1. The summed E-state index contributed by atoms with van der Waals surface area (Å²) in [6, 6.07) is 13.6. The van der Waals surface area contributed by atoms with E-state index in [1.54, 1.807) is 25.3 Å². The van der Waals surface area contributed by atoms with Crippen molar-refractivity contribution in [2.45, 2.75) is 19.4 Å². The highest BCUT2D eigenvalue weighted by atomic mass is 16.3. The Morgan fingerprint density at radius 3 is 2.81 bits per heavy atom. The van der Waals surface area contributed by atoms with Crippen molar-refractivity contribution in [1.29, 1.82) is 0 Å². The number of aliphatic hydroxyl groups is 1. The molecule has 26 heavy (non-hydrogen) atoms. The molecule has 5 nitrogen and oxygen atoms in total. The minimum absolute atomic E-state index is 0.0215. The van der Waals surface area contributed by atoms with E-state index in [0.29, 0.717) is 18.7 Å². The molecule has 1 saturated heterocycles. The Kier molecular flexibility index (Phi) is 4.39. The zero-order chi connectivity index (χ0) is 18.1. The van der Waals surface area contributed by atoms with Crippen LogP contribution in [-0.4, -0.2) is 40.1 Å². The number of carbonyl (C=O) groups excluding carboxylic acids is 1. The van der Waals surface area contributed by atoms with Crippen molar-refractivity contribution in [3.63, 3.8) is 0 Å². The fourth-order valence-corrected chi connectivity index (χ4v) is 3.67. The summed E-state index contributed by atoms with van der Waals surface area (Å²) >= 11 is 0. The van der Waals surface area contributed by atoms with E-state index in [1.807, 2.05) is 30.5 Å². The molecule has 5 heteroatoms. The third-order valence-electron chi connectivity index (χ3n) is 5.10. The Labute approximate surface area is 152 Å².